The van der Waals surface area contributed by atoms with Gasteiger partial charge < -0.3 is 19.3 Å². The van der Waals surface area contributed by atoms with E-state index in [2.05, 4.69) is 270 Å². The summed E-state index contributed by atoms with van der Waals surface area (Å²) in [5, 5.41) is 15.1. The number of rotatable bonds is 18. The SMILES string of the molecule is CCCCc1ccc(N(c2ccc(OC(C)C)cc2)c2ccc3c4c(-c5ccccc5)c5c6cccc7c(N(c8ccc(CCCC)cc8)c8ccc(OC(C)C)cc8)ccc(c5c(-c5ccccc5)c4c4cccc2c43)c76)cc1. The summed E-state index contributed by atoms with van der Waals surface area (Å²) in [6.45, 7) is 12.8. The van der Waals surface area contributed by atoms with Gasteiger partial charge in [0.25, 0.3) is 0 Å². The Morgan fingerprint density at radius 1 is 0.312 bits per heavy atom. The Kier molecular flexibility index (Phi) is 13.6. The number of anilines is 6. The summed E-state index contributed by atoms with van der Waals surface area (Å²) >= 11 is 0. The highest BCUT2D eigenvalue weighted by Crippen LogP contribution is 2.58. The van der Waals surface area contributed by atoms with Crippen molar-refractivity contribution in [3.63, 3.8) is 0 Å². The van der Waals surface area contributed by atoms with Crippen molar-refractivity contribution in [2.24, 2.45) is 0 Å². The van der Waals surface area contributed by atoms with E-state index in [0.29, 0.717) is 0 Å². The number of aryl methyl sites for hydroxylation is 2. The second-order valence-electron chi connectivity index (χ2n) is 22.2. The first-order valence-electron chi connectivity index (χ1n) is 29.1. The molecule has 0 aliphatic heterocycles. The van der Waals surface area contributed by atoms with Crippen LogP contribution in [0.2, 0.25) is 0 Å². The Bertz CT molecular complexity index is 3950. The average molecular weight is 1040 g/mol. The minimum Gasteiger partial charge on any atom is -0.491 e. The van der Waals surface area contributed by atoms with Crippen molar-refractivity contribution >= 4 is 98.8 Å². The predicted molar refractivity (Wildman–Crippen MR) is 343 cm³/mol. The summed E-state index contributed by atoms with van der Waals surface area (Å²) in [4.78, 5) is 4.88. The molecule has 4 nitrogen and oxygen atoms in total. The molecule has 394 valence electrons. The van der Waals surface area contributed by atoms with E-state index in [9.17, 15) is 0 Å². The van der Waals surface area contributed by atoms with Crippen LogP contribution in [0.4, 0.5) is 34.1 Å². The third-order valence-corrected chi connectivity index (χ3v) is 16.2. The number of benzene rings is 11. The lowest BCUT2D eigenvalue weighted by Gasteiger charge is -2.27. The quantitative estimate of drug-likeness (QED) is 0.0855. The summed E-state index contributed by atoms with van der Waals surface area (Å²) in [5.41, 5.74) is 14.4. The van der Waals surface area contributed by atoms with Crippen molar-refractivity contribution in [3.8, 4) is 33.8 Å². The van der Waals surface area contributed by atoms with Gasteiger partial charge in [0.2, 0.25) is 0 Å². The van der Waals surface area contributed by atoms with Crippen LogP contribution in [-0.4, -0.2) is 12.2 Å². The molecular formula is C76H68N2O2. The molecular weight excluding hydrogens is 973 g/mol. The molecule has 13 rings (SSSR count). The molecule has 0 bridgehead atoms. The van der Waals surface area contributed by atoms with Crippen LogP contribution in [0.25, 0.3) is 86.9 Å². The molecule has 0 spiro atoms. The van der Waals surface area contributed by atoms with Gasteiger partial charge in [-0.2, -0.15) is 0 Å². The Morgan fingerprint density at radius 2 is 0.637 bits per heavy atom. The van der Waals surface area contributed by atoms with E-state index in [1.54, 1.807) is 0 Å². The van der Waals surface area contributed by atoms with Crippen molar-refractivity contribution in [1.82, 2.24) is 0 Å². The molecule has 13 aromatic carbocycles. The van der Waals surface area contributed by atoms with Gasteiger partial charge in [-0.25, -0.2) is 0 Å². The van der Waals surface area contributed by atoms with Gasteiger partial charge in [-0.05, 0) is 226 Å². The summed E-state index contributed by atoms with van der Waals surface area (Å²) in [6.07, 6.45) is 7.01. The number of unbranched alkanes of at least 4 members (excludes halogenated alkanes) is 2. The van der Waals surface area contributed by atoms with Gasteiger partial charge in [-0.15, -0.1) is 0 Å². The molecule has 0 amide bonds. The van der Waals surface area contributed by atoms with Crippen molar-refractivity contribution in [1.29, 1.82) is 0 Å². The molecule has 0 aliphatic carbocycles. The smallest absolute Gasteiger partial charge is 0.119 e. The number of nitrogens with zero attached hydrogens (tertiary/aromatic N) is 2. The minimum absolute atomic E-state index is 0.0838. The third kappa shape index (κ3) is 8.97. The molecule has 0 radical (unpaired) electrons. The Labute approximate surface area is 471 Å². The first-order chi connectivity index (χ1) is 39.3. The fraction of sp³-hybridized carbons (Fsp3) is 0.184. The van der Waals surface area contributed by atoms with E-state index in [0.717, 1.165) is 58.5 Å². The number of hydrogen-bond acceptors (Lipinski definition) is 4. The van der Waals surface area contributed by atoms with E-state index in [-0.39, 0.29) is 12.2 Å². The zero-order valence-corrected chi connectivity index (χ0v) is 46.9. The van der Waals surface area contributed by atoms with E-state index >= 15 is 0 Å². The molecule has 0 aliphatic rings. The van der Waals surface area contributed by atoms with E-state index < -0.39 is 0 Å². The molecule has 0 N–H and O–H groups in total. The number of hydrogen-bond donors (Lipinski definition) is 0. The normalized spacial score (nSPS) is 11.9. The first-order valence-corrected chi connectivity index (χ1v) is 29.1. The lowest BCUT2D eigenvalue weighted by molar-refractivity contribution is 0.242. The minimum atomic E-state index is 0.0838. The predicted octanol–water partition coefficient (Wildman–Crippen LogP) is 22.0. The van der Waals surface area contributed by atoms with Crippen molar-refractivity contribution in [3.05, 3.63) is 230 Å². The second kappa shape index (κ2) is 21.4. The van der Waals surface area contributed by atoms with E-state index in [1.165, 1.54) is 124 Å². The van der Waals surface area contributed by atoms with Crippen molar-refractivity contribution in [2.45, 2.75) is 92.3 Å². The molecule has 0 aromatic heterocycles. The summed E-state index contributed by atoms with van der Waals surface area (Å²) in [6, 6.07) is 81.7. The molecule has 0 atom stereocenters. The monoisotopic (exact) mass is 1040 g/mol. The Hall–Kier alpha value is -8.86. The topological polar surface area (TPSA) is 24.9 Å². The van der Waals surface area contributed by atoms with Crippen LogP contribution in [0.1, 0.15) is 78.4 Å². The molecule has 4 heteroatoms. The number of ether oxygens (including phenoxy) is 2. The maximum absolute atomic E-state index is 6.18. The average Bonchev–Trinajstić information content (AvgIpc) is 4.04. The van der Waals surface area contributed by atoms with Gasteiger partial charge >= 0.3 is 0 Å². The molecule has 0 fully saturated rings. The van der Waals surface area contributed by atoms with E-state index in [1.807, 2.05) is 0 Å². The van der Waals surface area contributed by atoms with Gasteiger partial charge in [0.15, 0.2) is 0 Å². The van der Waals surface area contributed by atoms with Crippen LogP contribution >= 0.6 is 0 Å². The fourth-order valence-electron chi connectivity index (χ4n) is 12.8. The Morgan fingerprint density at radius 3 is 0.975 bits per heavy atom. The van der Waals surface area contributed by atoms with Gasteiger partial charge in [-0.3, -0.25) is 0 Å². The van der Waals surface area contributed by atoms with Gasteiger partial charge in [0.05, 0.1) is 23.6 Å². The lowest BCUT2D eigenvalue weighted by atomic mass is 9.87. The Balaban J connectivity index is 1.10. The first kappa shape index (κ1) is 50.6. The van der Waals surface area contributed by atoms with Gasteiger partial charge in [-0.1, -0.05) is 160 Å². The molecule has 80 heavy (non-hydrogen) atoms. The van der Waals surface area contributed by atoms with Crippen LogP contribution in [0.5, 0.6) is 11.5 Å². The fourth-order valence-corrected chi connectivity index (χ4v) is 12.8. The highest BCUT2D eigenvalue weighted by Gasteiger charge is 2.30. The lowest BCUT2D eigenvalue weighted by Crippen LogP contribution is -2.11. The van der Waals surface area contributed by atoms with Crippen LogP contribution in [-0.2, 0) is 12.8 Å². The zero-order chi connectivity index (χ0) is 54.4. The van der Waals surface area contributed by atoms with Crippen LogP contribution in [0.15, 0.2) is 218 Å². The molecule has 0 saturated carbocycles. The maximum atomic E-state index is 6.18. The third-order valence-electron chi connectivity index (χ3n) is 16.2. The van der Waals surface area contributed by atoms with Gasteiger partial charge in [0, 0.05) is 33.5 Å². The largest absolute Gasteiger partial charge is 0.491 e. The van der Waals surface area contributed by atoms with Crippen LogP contribution < -0.4 is 19.3 Å². The van der Waals surface area contributed by atoms with Gasteiger partial charge in [0.1, 0.15) is 11.5 Å². The molecule has 0 saturated heterocycles. The molecule has 0 heterocycles. The zero-order valence-electron chi connectivity index (χ0n) is 46.9. The van der Waals surface area contributed by atoms with Crippen LogP contribution in [0.3, 0.4) is 0 Å². The summed E-state index contributed by atoms with van der Waals surface area (Å²) in [5.74, 6) is 1.73. The van der Waals surface area contributed by atoms with E-state index in [4.69, 9.17) is 9.47 Å². The molecule has 0 unspecified atom stereocenters. The summed E-state index contributed by atoms with van der Waals surface area (Å²) < 4.78 is 12.4. The standard InChI is InChI=1S/C76H68N2O2/c1-7-9-19-51-29-33-55(34-30-51)77(57-37-41-59(42-38-57)79-49(3)4)67-47-45-65-71-61(67)25-17-27-63(71)73-69(53-21-13-11-14-22-53)76-66-46-48-68(62-26-18-28-64(72(62)66)74(76)70(75(65)73)54-23-15-12-16-24-54)78(56-35-31-52(32-36-56)20-10-8-2)58-39-43-60(44-40-58)80-50(5)6/h11-18,21-50H,7-10,19-20H2,1-6H3. The van der Waals surface area contributed by atoms with Crippen LogP contribution in [0, 0.1) is 0 Å². The highest BCUT2D eigenvalue weighted by molar-refractivity contribution is 6.47. The van der Waals surface area contributed by atoms with Crippen molar-refractivity contribution < 1.29 is 9.47 Å². The summed E-state index contributed by atoms with van der Waals surface area (Å²) in [7, 11) is 0. The highest BCUT2D eigenvalue weighted by atomic mass is 16.5. The number of fused-ring (bicyclic) bond motifs is 6. The second-order valence-corrected chi connectivity index (χ2v) is 22.2. The maximum Gasteiger partial charge on any atom is 0.119 e. The molecule has 13 aromatic rings. The van der Waals surface area contributed by atoms with Crippen molar-refractivity contribution in [2.75, 3.05) is 9.80 Å².